The summed E-state index contributed by atoms with van der Waals surface area (Å²) in [5, 5.41) is 0. The van der Waals surface area contributed by atoms with E-state index in [9.17, 15) is 4.79 Å². The monoisotopic (exact) mass is 245 g/mol. The van der Waals surface area contributed by atoms with Gasteiger partial charge >= 0.3 is 5.97 Å². The summed E-state index contributed by atoms with van der Waals surface area (Å²) in [7, 11) is 0. The van der Waals surface area contributed by atoms with Gasteiger partial charge in [-0.2, -0.15) is 0 Å². The van der Waals surface area contributed by atoms with Crippen LogP contribution >= 0.6 is 11.9 Å². The third kappa shape index (κ3) is 5.45. The van der Waals surface area contributed by atoms with Gasteiger partial charge < -0.3 is 4.74 Å². The van der Waals surface area contributed by atoms with Crippen molar-refractivity contribution in [1.82, 2.24) is 4.31 Å². The summed E-state index contributed by atoms with van der Waals surface area (Å²) in [5.41, 5.74) is -0.644. The van der Waals surface area contributed by atoms with E-state index in [1.807, 2.05) is 24.4 Å². The van der Waals surface area contributed by atoms with Crippen LogP contribution in [0.5, 0.6) is 0 Å². The molecule has 0 unspecified atom stereocenters. The van der Waals surface area contributed by atoms with Gasteiger partial charge in [-0.3, -0.25) is 9.10 Å². The van der Waals surface area contributed by atoms with Crippen LogP contribution in [0.1, 0.15) is 40.5 Å². The molecule has 3 nitrogen and oxygen atoms in total. The van der Waals surface area contributed by atoms with Crippen molar-refractivity contribution in [1.29, 1.82) is 0 Å². The Kier molecular flexibility index (Phi) is 6.56. The second-order valence-electron chi connectivity index (χ2n) is 4.54. The molecule has 0 N–H and O–H groups in total. The van der Waals surface area contributed by atoms with Crippen molar-refractivity contribution in [3.8, 4) is 0 Å². The second kappa shape index (κ2) is 6.84. The van der Waals surface area contributed by atoms with Crippen LogP contribution in [-0.4, -0.2) is 22.3 Å². The minimum atomic E-state index is -0.644. The van der Waals surface area contributed by atoms with E-state index in [1.165, 1.54) is 11.9 Å². The quantitative estimate of drug-likeness (QED) is 0.390. The van der Waals surface area contributed by atoms with E-state index in [4.69, 9.17) is 4.74 Å². The van der Waals surface area contributed by atoms with Gasteiger partial charge in [0, 0.05) is 18.9 Å². The smallest absolute Gasteiger partial charge is 0.307 e. The van der Waals surface area contributed by atoms with Crippen molar-refractivity contribution >= 4 is 17.9 Å². The zero-order chi connectivity index (χ0) is 12.8. The Bertz CT molecular complexity index is 239. The van der Waals surface area contributed by atoms with Gasteiger partial charge in [0.1, 0.15) is 0 Å². The Hall–Kier alpha value is -0.640. The predicted octanol–water partition coefficient (Wildman–Crippen LogP) is 3.43. The highest BCUT2D eigenvalue weighted by Crippen LogP contribution is 2.24. The fourth-order valence-corrected chi connectivity index (χ4v) is 1.92. The first kappa shape index (κ1) is 15.4. The molecule has 0 atom stereocenters. The van der Waals surface area contributed by atoms with Gasteiger partial charge in [-0.25, -0.2) is 0 Å². The van der Waals surface area contributed by atoms with Gasteiger partial charge in [-0.15, -0.1) is 0 Å². The topological polar surface area (TPSA) is 29.5 Å². The van der Waals surface area contributed by atoms with Gasteiger partial charge in [-0.05, 0) is 26.2 Å². The Labute approximate surface area is 103 Å². The van der Waals surface area contributed by atoms with Gasteiger partial charge in [-0.1, -0.05) is 32.4 Å². The number of carbonyl (C=O) groups is 1. The lowest BCUT2D eigenvalue weighted by atomic mass is 10.1. The number of hydrogen-bond donors (Lipinski definition) is 0. The van der Waals surface area contributed by atoms with Crippen molar-refractivity contribution in [3.05, 3.63) is 12.8 Å². The largest absolute Gasteiger partial charge is 0.439 e. The molecule has 0 rings (SSSR count). The summed E-state index contributed by atoms with van der Waals surface area (Å²) >= 11 is 1.48. The van der Waals surface area contributed by atoms with Gasteiger partial charge in [0.25, 0.3) is 0 Å². The Morgan fingerprint density at radius 3 is 2.50 bits per heavy atom. The lowest BCUT2D eigenvalue weighted by molar-refractivity contribution is -0.164. The number of carbonyl (C=O) groups excluding carboxylic acids is 1. The summed E-state index contributed by atoms with van der Waals surface area (Å²) in [5.74, 6) is 0.367. The predicted molar refractivity (Wildman–Crippen MR) is 69.8 cm³/mol. The van der Waals surface area contributed by atoms with Crippen LogP contribution in [0.3, 0.4) is 0 Å². The number of nitrogens with zero attached hydrogens (tertiary/aromatic N) is 1. The van der Waals surface area contributed by atoms with E-state index < -0.39 is 5.72 Å². The third-order valence-corrected chi connectivity index (χ3v) is 3.16. The SMILES string of the molecule is C=CN(SC)C(C)(C)OC(=O)CCC(C)C. The zero-order valence-electron chi connectivity index (χ0n) is 10.9. The average Bonchev–Trinajstić information content (AvgIpc) is 2.15. The molecule has 0 aliphatic heterocycles. The maximum atomic E-state index is 11.6. The normalized spacial score (nSPS) is 11.4. The minimum Gasteiger partial charge on any atom is -0.439 e. The molecule has 0 aliphatic rings. The van der Waals surface area contributed by atoms with Crippen LogP contribution in [0.15, 0.2) is 12.8 Å². The molecule has 94 valence electrons. The fraction of sp³-hybridized carbons (Fsp3) is 0.750. The first-order valence-electron chi connectivity index (χ1n) is 5.51. The van der Waals surface area contributed by atoms with E-state index in [2.05, 4.69) is 20.4 Å². The van der Waals surface area contributed by atoms with Crippen LogP contribution in [0.25, 0.3) is 0 Å². The lowest BCUT2D eigenvalue weighted by Crippen LogP contribution is -2.40. The van der Waals surface area contributed by atoms with Crippen molar-refractivity contribution in [2.24, 2.45) is 5.92 Å². The van der Waals surface area contributed by atoms with E-state index >= 15 is 0 Å². The summed E-state index contributed by atoms with van der Waals surface area (Å²) in [6.45, 7) is 11.6. The molecule has 0 aliphatic carbocycles. The molecule has 0 heterocycles. The molecular weight excluding hydrogens is 222 g/mol. The second-order valence-corrected chi connectivity index (χ2v) is 5.30. The molecule has 0 aromatic carbocycles. The number of rotatable bonds is 7. The lowest BCUT2D eigenvalue weighted by Gasteiger charge is -2.34. The molecule has 0 amide bonds. The summed E-state index contributed by atoms with van der Waals surface area (Å²) in [4.78, 5) is 11.6. The van der Waals surface area contributed by atoms with Crippen LogP contribution < -0.4 is 0 Å². The third-order valence-electron chi connectivity index (χ3n) is 2.18. The molecule has 0 spiro atoms. The number of hydrogen-bond acceptors (Lipinski definition) is 4. The van der Waals surface area contributed by atoms with Crippen molar-refractivity contribution < 1.29 is 9.53 Å². The maximum absolute atomic E-state index is 11.6. The molecule has 16 heavy (non-hydrogen) atoms. The zero-order valence-corrected chi connectivity index (χ0v) is 11.8. The summed E-state index contributed by atoms with van der Waals surface area (Å²) in [6, 6.07) is 0. The standard InChI is InChI=1S/C12H23NO2S/c1-7-13(16-6)12(4,5)15-11(14)9-8-10(2)3/h7,10H,1,8-9H2,2-6H3. The fourth-order valence-electron chi connectivity index (χ4n) is 1.30. The number of esters is 1. The summed E-state index contributed by atoms with van der Waals surface area (Å²) in [6.07, 6.45) is 4.93. The highest BCUT2D eigenvalue weighted by molar-refractivity contribution is 7.96. The molecule has 0 saturated carbocycles. The number of ether oxygens (including phenoxy) is 1. The average molecular weight is 245 g/mol. The van der Waals surface area contributed by atoms with E-state index in [-0.39, 0.29) is 5.97 Å². The molecule has 0 bridgehead atoms. The van der Waals surface area contributed by atoms with Gasteiger partial charge in [0.05, 0.1) is 0 Å². The first-order valence-corrected chi connectivity index (χ1v) is 6.69. The van der Waals surface area contributed by atoms with E-state index in [0.29, 0.717) is 12.3 Å². The van der Waals surface area contributed by atoms with E-state index in [1.54, 1.807) is 6.20 Å². The van der Waals surface area contributed by atoms with Crippen molar-refractivity contribution in [3.63, 3.8) is 0 Å². The van der Waals surface area contributed by atoms with E-state index in [0.717, 1.165) is 6.42 Å². The van der Waals surface area contributed by atoms with Crippen LogP contribution in [0.2, 0.25) is 0 Å². The van der Waals surface area contributed by atoms with Crippen molar-refractivity contribution in [2.75, 3.05) is 6.26 Å². The summed E-state index contributed by atoms with van der Waals surface area (Å²) < 4.78 is 7.25. The Morgan fingerprint density at radius 1 is 1.56 bits per heavy atom. The highest BCUT2D eigenvalue weighted by Gasteiger charge is 2.28. The van der Waals surface area contributed by atoms with Crippen LogP contribution in [0.4, 0.5) is 0 Å². The molecule has 0 fully saturated rings. The molecular formula is C12H23NO2S. The molecule has 0 aromatic rings. The first-order chi connectivity index (χ1) is 7.33. The van der Waals surface area contributed by atoms with Crippen LogP contribution in [-0.2, 0) is 9.53 Å². The Balaban J connectivity index is 4.24. The Morgan fingerprint density at radius 2 is 2.12 bits per heavy atom. The molecule has 0 aromatic heterocycles. The maximum Gasteiger partial charge on any atom is 0.307 e. The van der Waals surface area contributed by atoms with Gasteiger partial charge in [0.15, 0.2) is 5.72 Å². The van der Waals surface area contributed by atoms with Crippen molar-refractivity contribution in [2.45, 2.75) is 46.3 Å². The minimum absolute atomic E-state index is 0.153. The van der Waals surface area contributed by atoms with Gasteiger partial charge in [0.2, 0.25) is 0 Å². The molecule has 0 radical (unpaired) electrons. The van der Waals surface area contributed by atoms with Crippen LogP contribution in [0, 0.1) is 5.92 Å². The molecule has 0 saturated heterocycles. The molecule has 4 heteroatoms. The highest BCUT2D eigenvalue weighted by atomic mass is 32.2.